The predicted octanol–water partition coefficient (Wildman–Crippen LogP) is 0.604. The highest BCUT2D eigenvalue weighted by Crippen LogP contribution is 2.24. The third-order valence-electron chi connectivity index (χ3n) is 3.37. The molecule has 0 aromatic carbocycles. The Morgan fingerprint density at radius 3 is 2.69 bits per heavy atom. The van der Waals surface area contributed by atoms with Crippen LogP contribution in [0, 0.1) is 5.92 Å². The van der Waals surface area contributed by atoms with E-state index in [1.165, 1.54) is 12.8 Å². The Morgan fingerprint density at radius 1 is 1.56 bits per heavy atom. The molecule has 16 heavy (non-hydrogen) atoms. The first-order valence-corrected chi connectivity index (χ1v) is 6.19. The first kappa shape index (κ1) is 13.5. The molecule has 1 fully saturated rings. The van der Waals surface area contributed by atoms with Crippen molar-refractivity contribution in [2.24, 2.45) is 5.92 Å². The van der Waals surface area contributed by atoms with Gasteiger partial charge >= 0.3 is 0 Å². The number of carbonyl (C=O) groups is 1. The normalized spacial score (nSPS) is 19.6. The maximum atomic E-state index is 11.5. The Bertz CT molecular complexity index is 229. The Morgan fingerprint density at radius 2 is 2.19 bits per heavy atom. The molecular formula is C12H24N2O2. The summed E-state index contributed by atoms with van der Waals surface area (Å²) in [6.07, 6.45) is 2.91. The van der Waals surface area contributed by atoms with E-state index in [0.717, 1.165) is 6.42 Å². The van der Waals surface area contributed by atoms with Crippen LogP contribution in [0.5, 0.6) is 0 Å². The summed E-state index contributed by atoms with van der Waals surface area (Å²) in [6.45, 7) is 4.84. The molecule has 1 aliphatic carbocycles. The number of aliphatic hydroxyl groups excluding tert-OH is 1. The van der Waals surface area contributed by atoms with E-state index in [0.29, 0.717) is 19.1 Å². The van der Waals surface area contributed by atoms with Crippen molar-refractivity contribution in [2.75, 3.05) is 20.1 Å². The van der Waals surface area contributed by atoms with Crippen LogP contribution in [0.4, 0.5) is 0 Å². The largest absolute Gasteiger partial charge is 0.391 e. The predicted molar refractivity (Wildman–Crippen MR) is 64.1 cm³/mol. The van der Waals surface area contributed by atoms with Crippen LogP contribution < -0.4 is 5.32 Å². The molecule has 2 N–H and O–H groups in total. The molecule has 4 nitrogen and oxygen atoms in total. The number of amides is 1. The summed E-state index contributed by atoms with van der Waals surface area (Å²) in [6, 6.07) is 0.602. The van der Waals surface area contributed by atoms with Gasteiger partial charge in [-0.3, -0.25) is 9.69 Å². The Hall–Kier alpha value is -0.610. The van der Waals surface area contributed by atoms with Gasteiger partial charge in [0.2, 0.25) is 5.91 Å². The van der Waals surface area contributed by atoms with Crippen molar-refractivity contribution in [2.45, 2.75) is 45.3 Å². The number of rotatable bonds is 7. The van der Waals surface area contributed by atoms with Gasteiger partial charge in [0, 0.05) is 12.6 Å². The molecule has 1 rings (SSSR count). The number of nitrogens with one attached hydrogen (secondary N) is 1. The Balaban J connectivity index is 2.13. The molecule has 0 aromatic heterocycles. The van der Waals surface area contributed by atoms with Gasteiger partial charge in [-0.2, -0.15) is 0 Å². The smallest absolute Gasteiger partial charge is 0.234 e. The third kappa shape index (κ3) is 4.49. The molecule has 1 amide bonds. The molecule has 94 valence electrons. The summed E-state index contributed by atoms with van der Waals surface area (Å²) >= 11 is 0. The fraction of sp³-hybridized carbons (Fsp3) is 0.917. The average molecular weight is 228 g/mol. The second-order valence-electron chi connectivity index (χ2n) is 4.90. The lowest BCUT2D eigenvalue weighted by Gasteiger charge is -2.19. The van der Waals surface area contributed by atoms with E-state index in [9.17, 15) is 9.90 Å². The van der Waals surface area contributed by atoms with E-state index in [1.54, 1.807) is 0 Å². The van der Waals surface area contributed by atoms with Gasteiger partial charge in [-0.25, -0.2) is 0 Å². The molecule has 2 unspecified atom stereocenters. The van der Waals surface area contributed by atoms with Crippen molar-refractivity contribution < 1.29 is 9.90 Å². The summed E-state index contributed by atoms with van der Waals surface area (Å²) in [5, 5.41) is 12.5. The molecular weight excluding hydrogens is 204 g/mol. The number of likely N-dealkylation sites (N-methyl/N-ethyl adjacent to an activating group) is 1. The lowest BCUT2D eigenvalue weighted by Crippen LogP contribution is -2.41. The van der Waals surface area contributed by atoms with Crippen LogP contribution in [0.1, 0.15) is 33.1 Å². The molecule has 0 radical (unpaired) electrons. The van der Waals surface area contributed by atoms with Crippen LogP contribution in [0.3, 0.4) is 0 Å². The first-order chi connectivity index (χ1) is 7.54. The monoisotopic (exact) mass is 228 g/mol. The molecule has 4 heteroatoms. The lowest BCUT2D eigenvalue weighted by molar-refractivity contribution is -0.122. The summed E-state index contributed by atoms with van der Waals surface area (Å²) in [5.74, 6) is 0.248. The fourth-order valence-electron chi connectivity index (χ4n) is 1.62. The molecule has 0 bridgehead atoms. The topological polar surface area (TPSA) is 52.6 Å². The van der Waals surface area contributed by atoms with Gasteiger partial charge in [-0.15, -0.1) is 0 Å². The number of nitrogens with zero attached hydrogens (tertiary/aromatic N) is 1. The highest BCUT2D eigenvalue weighted by Gasteiger charge is 2.27. The van der Waals surface area contributed by atoms with E-state index in [-0.39, 0.29) is 11.8 Å². The van der Waals surface area contributed by atoms with E-state index in [4.69, 9.17) is 0 Å². The van der Waals surface area contributed by atoms with Crippen LogP contribution in [0.2, 0.25) is 0 Å². The number of aliphatic hydroxyl groups is 1. The zero-order valence-corrected chi connectivity index (χ0v) is 10.6. The van der Waals surface area contributed by atoms with Crippen molar-refractivity contribution in [1.82, 2.24) is 10.2 Å². The highest BCUT2D eigenvalue weighted by molar-refractivity contribution is 5.78. The fourth-order valence-corrected chi connectivity index (χ4v) is 1.62. The summed E-state index contributed by atoms with van der Waals surface area (Å²) in [5.41, 5.74) is 0. The van der Waals surface area contributed by atoms with Gasteiger partial charge in [-0.1, -0.05) is 20.3 Å². The zero-order valence-electron chi connectivity index (χ0n) is 10.6. The number of hydrogen-bond acceptors (Lipinski definition) is 3. The minimum Gasteiger partial charge on any atom is -0.391 e. The lowest BCUT2D eigenvalue weighted by atomic mass is 10.0. The standard InChI is InChI=1S/C12H24N2O2/c1-4-9(2)11(15)7-13-12(16)8-14(3)10-5-6-10/h9-11,15H,4-8H2,1-3H3,(H,13,16). The van der Waals surface area contributed by atoms with Gasteiger partial charge in [0.25, 0.3) is 0 Å². The number of carbonyl (C=O) groups excluding carboxylic acids is 1. The van der Waals surface area contributed by atoms with E-state index >= 15 is 0 Å². The van der Waals surface area contributed by atoms with E-state index in [1.807, 2.05) is 20.9 Å². The second kappa shape index (κ2) is 6.21. The van der Waals surface area contributed by atoms with Crippen LogP contribution in [0.25, 0.3) is 0 Å². The number of hydrogen-bond donors (Lipinski definition) is 2. The Labute approximate surface area is 98.0 Å². The van der Waals surface area contributed by atoms with Crippen molar-refractivity contribution >= 4 is 5.91 Å². The maximum absolute atomic E-state index is 11.5. The van der Waals surface area contributed by atoms with Crippen molar-refractivity contribution in [3.8, 4) is 0 Å². The summed E-state index contributed by atoms with van der Waals surface area (Å²) < 4.78 is 0. The van der Waals surface area contributed by atoms with E-state index in [2.05, 4.69) is 10.2 Å². The molecule has 0 aromatic rings. The molecule has 0 saturated heterocycles. The average Bonchev–Trinajstić information content (AvgIpc) is 3.08. The quantitative estimate of drug-likeness (QED) is 0.671. The molecule has 0 heterocycles. The second-order valence-corrected chi connectivity index (χ2v) is 4.90. The zero-order chi connectivity index (χ0) is 12.1. The van der Waals surface area contributed by atoms with Crippen LogP contribution in [0.15, 0.2) is 0 Å². The van der Waals surface area contributed by atoms with Crippen LogP contribution >= 0.6 is 0 Å². The first-order valence-electron chi connectivity index (χ1n) is 6.19. The van der Waals surface area contributed by atoms with Gasteiger partial charge in [0.1, 0.15) is 0 Å². The SMILES string of the molecule is CCC(C)C(O)CNC(=O)CN(C)C1CC1. The van der Waals surface area contributed by atoms with Gasteiger partial charge in [0.05, 0.1) is 12.6 Å². The van der Waals surface area contributed by atoms with Gasteiger partial charge in [-0.05, 0) is 25.8 Å². The third-order valence-corrected chi connectivity index (χ3v) is 3.37. The van der Waals surface area contributed by atoms with Crippen LogP contribution in [-0.4, -0.2) is 48.2 Å². The molecule has 0 aliphatic heterocycles. The van der Waals surface area contributed by atoms with E-state index < -0.39 is 6.10 Å². The maximum Gasteiger partial charge on any atom is 0.234 e. The van der Waals surface area contributed by atoms with Gasteiger partial charge in [0.15, 0.2) is 0 Å². The molecule has 1 aliphatic rings. The summed E-state index contributed by atoms with van der Waals surface area (Å²) in [7, 11) is 1.97. The minimum absolute atomic E-state index is 0.0109. The van der Waals surface area contributed by atoms with Crippen molar-refractivity contribution in [3.63, 3.8) is 0 Å². The van der Waals surface area contributed by atoms with Gasteiger partial charge < -0.3 is 10.4 Å². The molecule has 2 atom stereocenters. The molecule has 1 saturated carbocycles. The Kier molecular flexibility index (Phi) is 5.22. The molecule has 0 spiro atoms. The van der Waals surface area contributed by atoms with Crippen molar-refractivity contribution in [3.05, 3.63) is 0 Å². The van der Waals surface area contributed by atoms with Crippen LogP contribution in [-0.2, 0) is 4.79 Å². The summed E-state index contributed by atoms with van der Waals surface area (Å²) in [4.78, 5) is 13.6. The highest BCUT2D eigenvalue weighted by atomic mass is 16.3. The van der Waals surface area contributed by atoms with Crippen molar-refractivity contribution in [1.29, 1.82) is 0 Å². The minimum atomic E-state index is -0.430.